The van der Waals surface area contributed by atoms with E-state index in [2.05, 4.69) is 5.32 Å². The van der Waals surface area contributed by atoms with Crippen LogP contribution in [-0.2, 0) is 6.54 Å². The molecule has 0 radical (unpaired) electrons. The molecule has 0 bridgehead atoms. The van der Waals surface area contributed by atoms with Gasteiger partial charge in [0.05, 0.1) is 12.8 Å². The zero-order valence-electron chi connectivity index (χ0n) is 7.60. The number of nitrogens with one attached hydrogen (secondary N) is 1. The van der Waals surface area contributed by atoms with Crippen molar-refractivity contribution in [2.75, 3.05) is 5.32 Å². The number of rotatable bonds is 3. The van der Waals surface area contributed by atoms with Crippen molar-refractivity contribution in [2.24, 2.45) is 0 Å². The number of furan rings is 1. The molecule has 0 amide bonds. The minimum Gasteiger partial charge on any atom is -0.508 e. The maximum Gasteiger partial charge on any atom is 0.122 e. The van der Waals surface area contributed by atoms with E-state index in [0.717, 1.165) is 11.4 Å². The lowest BCUT2D eigenvalue weighted by molar-refractivity contribution is 0.475. The van der Waals surface area contributed by atoms with Crippen LogP contribution in [0.5, 0.6) is 5.75 Å². The van der Waals surface area contributed by atoms with Crippen molar-refractivity contribution in [3.8, 4) is 5.75 Å². The van der Waals surface area contributed by atoms with Gasteiger partial charge in [-0.15, -0.1) is 0 Å². The van der Waals surface area contributed by atoms with Crippen LogP contribution >= 0.6 is 0 Å². The first-order chi connectivity index (χ1) is 6.84. The van der Waals surface area contributed by atoms with Gasteiger partial charge >= 0.3 is 0 Å². The highest BCUT2D eigenvalue weighted by molar-refractivity contribution is 5.47. The van der Waals surface area contributed by atoms with E-state index in [1.807, 2.05) is 18.2 Å². The lowest BCUT2D eigenvalue weighted by Crippen LogP contribution is -1.97. The fraction of sp³-hybridized carbons (Fsp3) is 0.0909. The Bertz CT molecular complexity index is 395. The smallest absolute Gasteiger partial charge is 0.122 e. The summed E-state index contributed by atoms with van der Waals surface area (Å²) in [5.74, 6) is 1.13. The number of hydrogen-bond donors (Lipinski definition) is 2. The lowest BCUT2D eigenvalue weighted by atomic mass is 10.3. The van der Waals surface area contributed by atoms with Crippen LogP contribution in [0.2, 0.25) is 0 Å². The highest BCUT2D eigenvalue weighted by Crippen LogP contribution is 2.16. The number of phenolic OH excluding ortho intramolecular Hbond substituents is 1. The van der Waals surface area contributed by atoms with Crippen molar-refractivity contribution >= 4 is 5.69 Å². The minimum absolute atomic E-state index is 0.259. The summed E-state index contributed by atoms with van der Waals surface area (Å²) in [6, 6.07) is 10.7. The Morgan fingerprint density at radius 2 is 2.14 bits per heavy atom. The van der Waals surface area contributed by atoms with Crippen molar-refractivity contribution in [3.63, 3.8) is 0 Å². The predicted molar refractivity (Wildman–Crippen MR) is 54.1 cm³/mol. The van der Waals surface area contributed by atoms with E-state index >= 15 is 0 Å². The molecule has 2 rings (SSSR count). The molecule has 0 saturated heterocycles. The fourth-order valence-corrected chi connectivity index (χ4v) is 1.22. The van der Waals surface area contributed by atoms with E-state index in [4.69, 9.17) is 4.42 Å². The summed E-state index contributed by atoms with van der Waals surface area (Å²) in [4.78, 5) is 0. The molecule has 1 aromatic carbocycles. The van der Waals surface area contributed by atoms with Crippen LogP contribution in [0, 0.1) is 0 Å². The Labute approximate surface area is 82.0 Å². The molecule has 0 unspecified atom stereocenters. The molecule has 0 aliphatic carbocycles. The normalized spacial score (nSPS) is 10.0. The van der Waals surface area contributed by atoms with Gasteiger partial charge in [-0.2, -0.15) is 0 Å². The third kappa shape index (κ3) is 2.07. The number of hydrogen-bond acceptors (Lipinski definition) is 3. The number of phenols is 1. The molecule has 0 saturated carbocycles. The number of anilines is 1. The van der Waals surface area contributed by atoms with Crippen molar-refractivity contribution in [1.29, 1.82) is 0 Å². The van der Waals surface area contributed by atoms with E-state index in [9.17, 15) is 5.11 Å². The Balaban J connectivity index is 1.98. The van der Waals surface area contributed by atoms with Crippen molar-refractivity contribution < 1.29 is 9.52 Å². The summed E-state index contributed by atoms with van der Waals surface area (Å²) in [5.41, 5.74) is 0.876. The second kappa shape index (κ2) is 3.87. The molecule has 2 aromatic rings. The lowest BCUT2D eigenvalue weighted by Gasteiger charge is -2.03. The van der Waals surface area contributed by atoms with Gasteiger partial charge in [-0.05, 0) is 24.3 Å². The first-order valence-electron chi connectivity index (χ1n) is 4.40. The average Bonchev–Trinajstić information content (AvgIpc) is 2.67. The maximum absolute atomic E-state index is 9.21. The summed E-state index contributed by atoms with van der Waals surface area (Å²) in [5, 5.41) is 12.3. The zero-order valence-corrected chi connectivity index (χ0v) is 7.60. The van der Waals surface area contributed by atoms with Crippen LogP contribution in [0.3, 0.4) is 0 Å². The summed E-state index contributed by atoms with van der Waals surface area (Å²) in [6.45, 7) is 0.621. The van der Waals surface area contributed by atoms with Crippen LogP contribution in [0.4, 0.5) is 5.69 Å². The average molecular weight is 189 g/mol. The van der Waals surface area contributed by atoms with Gasteiger partial charge in [0.25, 0.3) is 0 Å². The van der Waals surface area contributed by atoms with Gasteiger partial charge in [0.1, 0.15) is 11.5 Å². The van der Waals surface area contributed by atoms with Gasteiger partial charge in [-0.1, -0.05) is 6.07 Å². The topological polar surface area (TPSA) is 45.4 Å². The molecule has 3 nitrogen and oxygen atoms in total. The van der Waals surface area contributed by atoms with Crippen LogP contribution < -0.4 is 5.32 Å². The van der Waals surface area contributed by atoms with E-state index < -0.39 is 0 Å². The van der Waals surface area contributed by atoms with Gasteiger partial charge in [0.2, 0.25) is 0 Å². The standard InChI is InChI=1S/C11H11NO2/c13-10-4-1-3-9(7-10)12-8-11-5-2-6-14-11/h1-7,12-13H,8H2. The number of aromatic hydroxyl groups is 1. The molecular formula is C11H11NO2. The van der Waals surface area contributed by atoms with Crippen LogP contribution in [-0.4, -0.2) is 5.11 Å². The molecular weight excluding hydrogens is 178 g/mol. The van der Waals surface area contributed by atoms with Crippen molar-refractivity contribution in [1.82, 2.24) is 0 Å². The molecule has 0 aliphatic heterocycles. The summed E-state index contributed by atoms with van der Waals surface area (Å²) in [6.07, 6.45) is 1.64. The molecule has 1 aromatic heterocycles. The Morgan fingerprint density at radius 3 is 2.86 bits per heavy atom. The molecule has 0 aliphatic rings. The van der Waals surface area contributed by atoms with E-state index in [-0.39, 0.29) is 5.75 Å². The highest BCUT2D eigenvalue weighted by atomic mass is 16.3. The van der Waals surface area contributed by atoms with E-state index in [0.29, 0.717) is 6.54 Å². The quantitative estimate of drug-likeness (QED) is 0.780. The van der Waals surface area contributed by atoms with E-state index in [1.54, 1.807) is 24.5 Å². The van der Waals surface area contributed by atoms with Crippen LogP contribution in [0.1, 0.15) is 5.76 Å². The van der Waals surface area contributed by atoms with Crippen LogP contribution in [0.25, 0.3) is 0 Å². The third-order valence-corrected chi connectivity index (χ3v) is 1.89. The van der Waals surface area contributed by atoms with Gasteiger partial charge in [0, 0.05) is 11.8 Å². The molecule has 3 heteroatoms. The molecule has 2 N–H and O–H groups in total. The van der Waals surface area contributed by atoms with E-state index in [1.165, 1.54) is 0 Å². The first kappa shape index (κ1) is 8.69. The van der Waals surface area contributed by atoms with Crippen LogP contribution in [0.15, 0.2) is 47.1 Å². The first-order valence-corrected chi connectivity index (χ1v) is 4.40. The largest absolute Gasteiger partial charge is 0.508 e. The Morgan fingerprint density at radius 1 is 1.21 bits per heavy atom. The fourth-order valence-electron chi connectivity index (χ4n) is 1.22. The van der Waals surface area contributed by atoms with Gasteiger partial charge < -0.3 is 14.8 Å². The molecule has 0 fully saturated rings. The maximum atomic E-state index is 9.21. The SMILES string of the molecule is Oc1cccc(NCc2ccco2)c1. The predicted octanol–water partition coefficient (Wildman–Crippen LogP) is 2.60. The van der Waals surface area contributed by atoms with Gasteiger partial charge in [-0.25, -0.2) is 0 Å². The molecule has 1 heterocycles. The van der Waals surface area contributed by atoms with Crippen molar-refractivity contribution in [2.45, 2.75) is 6.54 Å². The Kier molecular flexibility index (Phi) is 2.40. The molecule has 14 heavy (non-hydrogen) atoms. The summed E-state index contributed by atoms with van der Waals surface area (Å²) < 4.78 is 5.16. The highest BCUT2D eigenvalue weighted by Gasteiger charge is 1.96. The third-order valence-electron chi connectivity index (χ3n) is 1.89. The molecule has 0 atom stereocenters. The number of benzene rings is 1. The Hall–Kier alpha value is -1.90. The summed E-state index contributed by atoms with van der Waals surface area (Å²) >= 11 is 0. The van der Waals surface area contributed by atoms with Gasteiger partial charge in [-0.3, -0.25) is 0 Å². The minimum atomic E-state index is 0.259. The molecule has 72 valence electrons. The second-order valence-corrected chi connectivity index (χ2v) is 2.98. The monoisotopic (exact) mass is 189 g/mol. The second-order valence-electron chi connectivity index (χ2n) is 2.98. The molecule has 0 spiro atoms. The zero-order chi connectivity index (χ0) is 9.80. The van der Waals surface area contributed by atoms with Gasteiger partial charge in [0.15, 0.2) is 0 Å². The van der Waals surface area contributed by atoms with Crippen molar-refractivity contribution in [3.05, 3.63) is 48.4 Å². The summed E-state index contributed by atoms with van der Waals surface area (Å²) in [7, 11) is 0.